The van der Waals surface area contributed by atoms with Gasteiger partial charge in [-0.2, -0.15) is 9.97 Å². The first-order valence-electron chi connectivity index (χ1n) is 7.17. The molecule has 3 rings (SSSR count). The number of methoxy groups -OCH3 is 1. The van der Waals surface area contributed by atoms with Gasteiger partial charge in [0.2, 0.25) is 9.84 Å². The molecular formula is C15H17N5O3S. The molecule has 0 aliphatic carbocycles. The van der Waals surface area contributed by atoms with Crippen molar-refractivity contribution in [3.63, 3.8) is 0 Å². The fraction of sp³-hybridized carbons (Fsp3) is 0.267. The van der Waals surface area contributed by atoms with Crippen molar-refractivity contribution in [2.75, 3.05) is 19.5 Å². The van der Waals surface area contributed by atoms with Gasteiger partial charge >= 0.3 is 0 Å². The van der Waals surface area contributed by atoms with Crippen molar-refractivity contribution in [1.29, 1.82) is 0 Å². The maximum atomic E-state index is 12.7. The molecule has 126 valence electrons. The predicted octanol–water partition coefficient (Wildman–Crippen LogP) is 1.39. The van der Waals surface area contributed by atoms with Gasteiger partial charge in [0.05, 0.1) is 19.2 Å². The molecule has 0 amide bonds. The average molecular weight is 347 g/mol. The minimum Gasteiger partial charge on any atom is -0.497 e. The van der Waals surface area contributed by atoms with Crippen molar-refractivity contribution in [3.8, 4) is 5.75 Å². The molecule has 1 N–H and O–H groups in total. The summed E-state index contributed by atoms with van der Waals surface area (Å²) >= 11 is 0. The summed E-state index contributed by atoms with van der Waals surface area (Å²) in [6.45, 7) is 0. The quantitative estimate of drug-likeness (QED) is 0.696. The Kier molecular flexibility index (Phi) is 4.10. The molecule has 0 radical (unpaired) electrons. The maximum absolute atomic E-state index is 12.7. The monoisotopic (exact) mass is 347 g/mol. The van der Waals surface area contributed by atoms with E-state index in [1.807, 2.05) is 0 Å². The van der Waals surface area contributed by atoms with Crippen LogP contribution < -0.4 is 10.1 Å². The number of benzene rings is 1. The van der Waals surface area contributed by atoms with Gasteiger partial charge in [-0.15, -0.1) is 0 Å². The van der Waals surface area contributed by atoms with E-state index in [1.165, 1.54) is 0 Å². The van der Waals surface area contributed by atoms with Crippen molar-refractivity contribution >= 4 is 26.8 Å². The molecule has 8 nitrogen and oxygen atoms in total. The molecule has 0 fully saturated rings. The molecule has 9 heteroatoms. The van der Waals surface area contributed by atoms with E-state index in [0.717, 1.165) is 0 Å². The number of imidazole rings is 1. The van der Waals surface area contributed by atoms with Gasteiger partial charge in [0.15, 0.2) is 11.5 Å². The highest BCUT2D eigenvalue weighted by atomic mass is 32.2. The Morgan fingerprint density at radius 2 is 1.92 bits per heavy atom. The van der Waals surface area contributed by atoms with Gasteiger partial charge in [-0.1, -0.05) is 12.1 Å². The molecule has 0 saturated carbocycles. The van der Waals surface area contributed by atoms with E-state index in [-0.39, 0.29) is 10.9 Å². The number of nitrogens with zero attached hydrogens (tertiary/aromatic N) is 4. The van der Waals surface area contributed by atoms with E-state index < -0.39 is 9.84 Å². The Morgan fingerprint density at radius 1 is 1.21 bits per heavy atom. The van der Waals surface area contributed by atoms with Crippen molar-refractivity contribution in [3.05, 3.63) is 36.2 Å². The molecule has 0 aliphatic rings. The summed E-state index contributed by atoms with van der Waals surface area (Å²) in [6.07, 6.45) is 1.57. The van der Waals surface area contributed by atoms with E-state index in [9.17, 15) is 8.42 Å². The minimum absolute atomic E-state index is 0.191. The number of nitrogens with one attached hydrogen (secondary N) is 1. The van der Waals surface area contributed by atoms with Crippen molar-refractivity contribution in [1.82, 2.24) is 19.5 Å². The van der Waals surface area contributed by atoms with Crippen molar-refractivity contribution in [2.45, 2.75) is 10.9 Å². The van der Waals surface area contributed by atoms with Gasteiger partial charge in [0.25, 0.3) is 5.16 Å². The van der Waals surface area contributed by atoms with Crippen molar-refractivity contribution in [2.24, 2.45) is 7.05 Å². The van der Waals surface area contributed by atoms with E-state index in [0.29, 0.717) is 28.3 Å². The number of rotatable bonds is 5. The van der Waals surface area contributed by atoms with E-state index in [2.05, 4.69) is 20.3 Å². The van der Waals surface area contributed by atoms with E-state index in [4.69, 9.17) is 4.74 Å². The smallest absolute Gasteiger partial charge is 0.251 e. The number of hydrogen-bond acceptors (Lipinski definition) is 7. The normalized spacial score (nSPS) is 11.6. The summed E-state index contributed by atoms with van der Waals surface area (Å²) in [6, 6.07) is 6.85. The number of sulfone groups is 1. The zero-order valence-corrected chi connectivity index (χ0v) is 14.3. The standard InChI is InChI=1S/C15H17N5O3S/c1-16-13-12-14(20(2)9-17-12)19-15(18-13)24(21,22)8-10-4-6-11(23-3)7-5-10/h4-7,9H,8H2,1-3H3,(H,16,18,19). The fourth-order valence-corrected chi connectivity index (χ4v) is 3.52. The summed E-state index contributed by atoms with van der Waals surface area (Å²) < 4.78 is 32.1. The second kappa shape index (κ2) is 6.08. The molecule has 24 heavy (non-hydrogen) atoms. The van der Waals surface area contributed by atoms with Crippen LogP contribution in [0.4, 0.5) is 5.82 Å². The third-order valence-corrected chi connectivity index (χ3v) is 5.02. The molecule has 0 saturated heterocycles. The second-order valence-electron chi connectivity index (χ2n) is 5.24. The lowest BCUT2D eigenvalue weighted by atomic mass is 10.2. The summed E-state index contributed by atoms with van der Waals surface area (Å²) in [5, 5.41) is 2.64. The lowest BCUT2D eigenvalue weighted by molar-refractivity contribution is 0.414. The molecule has 0 atom stereocenters. The first-order chi connectivity index (χ1) is 11.4. The number of aromatic nitrogens is 4. The van der Waals surface area contributed by atoms with Gasteiger partial charge in [-0.3, -0.25) is 0 Å². The Morgan fingerprint density at radius 3 is 2.54 bits per heavy atom. The SMILES string of the molecule is CNc1nc(S(=O)(=O)Cc2ccc(OC)cc2)nc2c1ncn2C. The molecule has 0 aliphatic heterocycles. The van der Waals surface area contributed by atoms with E-state index >= 15 is 0 Å². The highest BCUT2D eigenvalue weighted by Gasteiger charge is 2.22. The Balaban J connectivity index is 2.02. The van der Waals surface area contributed by atoms with Gasteiger partial charge < -0.3 is 14.6 Å². The molecule has 0 bridgehead atoms. The first kappa shape index (κ1) is 16.2. The molecule has 2 heterocycles. The van der Waals surface area contributed by atoms with Crippen LogP contribution in [0, 0.1) is 0 Å². The highest BCUT2D eigenvalue weighted by Crippen LogP contribution is 2.22. The lowest BCUT2D eigenvalue weighted by Crippen LogP contribution is -2.12. The summed E-state index contributed by atoms with van der Waals surface area (Å²) in [4.78, 5) is 12.5. The maximum Gasteiger partial charge on any atom is 0.251 e. The molecular weight excluding hydrogens is 330 g/mol. The van der Waals surface area contributed by atoms with Crippen LogP contribution >= 0.6 is 0 Å². The van der Waals surface area contributed by atoms with Crippen molar-refractivity contribution < 1.29 is 13.2 Å². The van der Waals surface area contributed by atoms with Crippen LogP contribution in [0.1, 0.15) is 5.56 Å². The highest BCUT2D eigenvalue weighted by molar-refractivity contribution is 7.90. The molecule has 3 aromatic rings. The van der Waals surface area contributed by atoms with Gasteiger partial charge in [0, 0.05) is 14.1 Å². The third kappa shape index (κ3) is 2.90. The van der Waals surface area contributed by atoms with Crippen LogP contribution in [0.3, 0.4) is 0 Å². The Labute approximate surface area is 139 Å². The number of aryl methyl sites for hydroxylation is 1. The predicted molar refractivity (Wildman–Crippen MR) is 89.7 cm³/mol. The number of fused-ring (bicyclic) bond motifs is 1. The number of anilines is 1. The molecule has 0 unspecified atom stereocenters. The minimum atomic E-state index is -3.70. The third-order valence-electron chi connectivity index (χ3n) is 3.57. The van der Waals surface area contributed by atoms with Gasteiger partial charge in [-0.25, -0.2) is 13.4 Å². The van der Waals surface area contributed by atoms with Gasteiger partial charge in [-0.05, 0) is 17.7 Å². The topological polar surface area (TPSA) is 99.0 Å². The van der Waals surface area contributed by atoms with Gasteiger partial charge in [0.1, 0.15) is 11.3 Å². The van der Waals surface area contributed by atoms with Crippen LogP contribution in [0.15, 0.2) is 35.7 Å². The fourth-order valence-electron chi connectivity index (χ4n) is 2.31. The van der Waals surface area contributed by atoms with Crippen LogP contribution in [0.5, 0.6) is 5.75 Å². The largest absolute Gasteiger partial charge is 0.497 e. The van der Waals surface area contributed by atoms with Crippen LogP contribution in [0.25, 0.3) is 11.2 Å². The lowest BCUT2D eigenvalue weighted by Gasteiger charge is -2.07. The second-order valence-corrected chi connectivity index (χ2v) is 7.12. The summed E-state index contributed by atoms with van der Waals surface area (Å²) in [5.41, 5.74) is 1.63. The van der Waals surface area contributed by atoms with E-state index in [1.54, 1.807) is 56.4 Å². The number of ether oxygens (including phenoxy) is 1. The summed E-state index contributed by atoms with van der Waals surface area (Å²) in [5.74, 6) is 0.860. The zero-order valence-electron chi connectivity index (χ0n) is 13.5. The van der Waals surface area contributed by atoms with Crippen LogP contribution in [0.2, 0.25) is 0 Å². The summed E-state index contributed by atoms with van der Waals surface area (Å²) in [7, 11) is 1.28. The first-order valence-corrected chi connectivity index (χ1v) is 8.82. The molecule has 1 aromatic carbocycles. The van der Waals surface area contributed by atoms with Crippen LogP contribution in [-0.2, 0) is 22.6 Å². The Hall–Kier alpha value is -2.68. The zero-order chi connectivity index (χ0) is 17.3. The molecule has 2 aromatic heterocycles. The molecule has 0 spiro atoms. The average Bonchev–Trinajstić information content (AvgIpc) is 2.96. The van der Waals surface area contributed by atoms with Crippen LogP contribution in [-0.4, -0.2) is 42.1 Å². The Bertz CT molecular complexity index is 980. The number of hydrogen-bond donors (Lipinski definition) is 1.